The molecule has 5 aromatic carbocycles. The fraction of sp³-hybridized carbons (Fsp3) is 0.423. The molecule has 13 heteroatoms. The van der Waals surface area contributed by atoms with Crippen LogP contribution >= 0.6 is 0 Å². The lowest BCUT2D eigenvalue weighted by Gasteiger charge is -2.41. The molecule has 1 heterocycles. The standard InChI is InChI=1S/C52H61F3O9Si/c1-47(2,3)62-65(63-48(4,5)6,64-49(7,8)9)60-28-27-59-36-22-17-33(18-23-36)51(32-15-20-35(56-12)21-16-32)26-25-38-45-44(37-24-19-34(52(53,54)55)29-41(37)50(45,10)11)39-30-42(57-13)43(58-14)31-40(39)46(38)61-51/h15-26,29-31H,27-28H2,1-14H3. The van der Waals surface area contributed by atoms with Gasteiger partial charge in [-0.15, -0.1) is 0 Å². The molecule has 0 saturated heterocycles. The number of hydrogen-bond acceptors (Lipinski definition) is 9. The molecular formula is C52H61F3O9Si. The van der Waals surface area contributed by atoms with Crippen molar-refractivity contribution in [3.05, 3.63) is 118 Å². The number of rotatable bonds is 13. The lowest BCUT2D eigenvalue weighted by Crippen LogP contribution is -2.59. The normalized spacial score (nSPS) is 17.0. The molecule has 1 aliphatic heterocycles. The molecule has 0 bridgehead atoms. The van der Waals surface area contributed by atoms with Gasteiger partial charge >= 0.3 is 15.2 Å². The molecule has 348 valence electrons. The van der Waals surface area contributed by atoms with Crippen molar-refractivity contribution in [1.29, 1.82) is 0 Å². The Hall–Kier alpha value is -5.05. The van der Waals surface area contributed by atoms with Crippen molar-refractivity contribution < 1.29 is 54.6 Å². The average Bonchev–Trinajstić information content (AvgIpc) is 3.45. The van der Waals surface area contributed by atoms with Crippen LogP contribution in [-0.2, 0) is 34.9 Å². The Balaban J connectivity index is 1.30. The number of alkyl halides is 3. The molecule has 0 amide bonds. The average molecular weight is 915 g/mol. The van der Waals surface area contributed by atoms with E-state index in [9.17, 15) is 13.2 Å². The van der Waals surface area contributed by atoms with Crippen molar-refractivity contribution >= 4 is 25.9 Å². The summed E-state index contributed by atoms with van der Waals surface area (Å²) in [6.07, 6.45) is -0.463. The van der Waals surface area contributed by atoms with Crippen LogP contribution in [0.25, 0.3) is 28.0 Å². The first-order chi connectivity index (χ1) is 30.2. The van der Waals surface area contributed by atoms with E-state index in [1.807, 2.05) is 149 Å². The van der Waals surface area contributed by atoms with Gasteiger partial charge in [0.05, 0.1) is 50.3 Å². The summed E-state index contributed by atoms with van der Waals surface area (Å²) >= 11 is 0. The topological polar surface area (TPSA) is 83.1 Å². The number of ether oxygens (including phenoxy) is 5. The highest BCUT2D eigenvalue weighted by molar-refractivity contribution is 6.54. The van der Waals surface area contributed by atoms with E-state index in [4.69, 9.17) is 41.4 Å². The second-order valence-corrected chi connectivity index (χ2v) is 21.8. The van der Waals surface area contributed by atoms with Gasteiger partial charge < -0.3 is 41.4 Å². The van der Waals surface area contributed by atoms with Crippen LogP contribution in [0.1, 0.15) is 110 Å². The van der Waals surface area contributed by atoms with Crippen LogP contribution in [0.5, 0.6) is 28.7 Å². The molecule has 0 N–H and O–H groups in total. The van der Waals surface area contributed by atoms with E-state index in [0.29, 0.717) is 39.7 Å². The molecule has 7 rings (SSSR count). The van der Waals surface area contributed by atoms with Gasteiger partial charge in [0.1, 0.15) is 23.9 Å². The molecular weight excluding hydrogens is 854 g/mol. The van der Waals surface area contributed by atoms with Crippen LogP contribution in [0.4, 0.5) is 13.2 Å². The van der Waals surface area contributed by atoms with Crippen LogP contribution in [0.2, 0.25) is 0 Å². The Labute approximate surface area is 382 Å². The van der Waals surface area contributed by atoms with E-state index in [2.05, 4.69) is 0 Å². The smallest absolute Gasteiger partial charge is 0.497 e. The summed E-state index contributed by atoms with van der Waals surface area (Å²) in [7, 11) is 1.03. The quantitative estimate of drug-likeness (QED) is 0.0847. The van der Waals surface area contributed by atoms with E-state index < -0.39 is 48.6 Å². The van der Waals surface area contributed by atoms with Gasteiger partial charge in [0.15, 0.2) is 17.1 Å². The van der Waals surface area contributed by atoms with Gasteiger partial charge in [-0.25, -0.2) is 0 Å². The Bertz CT molecular complexity index is 2540. The van der Waals surface area contributed by atoms with E-state index in [1.54, 1.807) is 27.4 Å². The molecule has 5 aromatic rings. The van der Waals surface area contributed by atoms with E-state index >= 15 is 0 Å². The Kier molecular flexibility index (Phi) is 12.5. The maximum Gasteiger partial charge on any atom is 0.681 e. The van der Waals surface area contributed by atoms with Gasteiger partial charge in [0.2, 0.25) is 0 Å². The molecule has 0 radical (unpaired) electrons. The number of benzene rings is 5. The summed E-state index contributed by atoms with van der Waals surface area (Å²) in [6, 6.07) is 23.1. The van der Waals surface area contributed by atoms with Crippen LogP contribution in [-0.4, -0.2) is 60.4 Å². The van der Waals surface area contributed by atoms with Crippen molar-refractivity contribution in [3.8, 4) is 39.9 Å². The summed E-state index contributed by atoms with van der Waals surface area (Å²) in [5, 5.41) is 1.47. The summed E-state index contributed by atoms with van der Waals surface area (Å²) < 4.78 is 99.3. The molecule has 0 aromatic heterocycles. The zero-order valence-corrected chi connectivity index (χ0v) is 40.9. The minimum absolute atomic E-state index is 0.137. The summed E-state index contributed by atoms with van der Waals surface area (Å²) in [6.45, 7) is 21.7. The molecule has 0 fully saturated rings. The summed E-state index contributed by atoms with van der Waals surface area (Å²) in [5.74, 6) is 2.77. The Morgan fingerprint density at radius 1 is 0.615 bits per heavy atom. The number of fused-ring (bicyclic) bond motifs is 8. The van der Waals surface area contributed by atoms with Crippen LogP contribution in [0, 0.1) is 0 Å². The summed E-state index contributed by atoms with van der Waals surface area (Å²) in [5.41, 5.74) is 0.792. The van der Waals surface area contributed by atoms with Gasteiger partial charge in [-0.3, -0.25) is 0 Å². The van der Waals surface area contributed by atoms with Crippen molar-refractivity contribution in [3.63, 3.8) is 0 Å². The molecule has 65 heavy (non-hydrogen) atoms. The van der Waals surface area contributed by atoms with Gasteiger partial charge in [0.25, 0.3) is 0 Å². The lowest BCUT2D eigenvalue weighted by atomic mass is 9.76. The first kappa shape index (κ1) is 47.9. The molecule has 0 saturated carbocycles. The summed E-state index contributed by atoms with van der Waals surface area (Å²) in [4.78, 5) is 0. The van der Waals surface area contributed by atoms with Gasteiger partial charge in [0, 0.05) is 27.5 Å². The fourth-order valence-corrected chi connectivity index (χ4v) is 11.6. The third kappa shape index (κ3) is 9.62. The van der Waals surface area contributed by atoms with Crippen molar-refractivity contribution in [2.24, 2.45) is 0 Å². The predicted octanol–water partition coefficient (Wildman–Crippen LogP) is 12.8. The minimum atomic E-state index is -4.51. The van der Waals surface area contributed by atoms with E-state index in [0.717, 1.165) is 44.8 Å². The van der Waals surface area contributed by atoms with E-state index in [-0.39, 0.29) is 13.2 Å². The van der Waals surface area contributed by atoms with Crippen LogP contribution in [0.3, 0.4) is 0 Å². The predicted molar refractivity (Wildman–Crippen MR) is 249 cm³/mol. The molecule has 1 aliphatic carbocycles. The molecule has 2 aliphatic rings. The van der Waals surface area contributed by atoms with E-state index in [1.165, 1.54) is 6.07 Å². The maximum atomic E-state index is 14.2. The fourth-order valence-electron chi connectivity index (χ4n) is 8.70. The molecule has 1 atom stereocenters. The number of methoxy groups -OCH3 is 3. The van der Waals surface area contributed by atoms with Gasteiger partial charge in [-0.05, 0) is 145 Å². The SMILES string of the molecule is COc1ccc(C2(c3ccc(OCCO[Si](OC(C)(C)C)(OC(C)(C)C)OC(C)(C)C)cc3)C=Cc3c4c(c5cc(OC)c(OC)cc5c3O2)-c2ccc(C(F)(F)F)cc2C4(C)C)cc1. The highest BCUT2D eigenvalue weighted by atomic mass is 28.4. The molecule has 9 nitrogen and oxygen atoms in total. The highest BCUT2D eigenvalue weighted by Crippen LogP contribution is 2.59. The third-order valence-electron chi connectivity index (χ3n) is 11.2. The zero-order chi connectivity index (χ0) is 47.5. The Morgan fingerprint density at radius 2 is 1.14 bits per heavy atom. The van der Waals surface area contributed by atoms with Crippen LogP contribution < -0.4 is 23.7 Å². The second-order valence-electron chi connectivity index (χ2n) is 19.9. The number of halogens is 3. The van der Waals surface area contributed by atoms with Crippen molar-refractivity contribution in [1.82, 2.24) is 0 Å². The molecule has 1 unspecified atom stereocenters. The maximum absolute atomic E-state index is 14.2. The first-order valence-corrected chi connectivity index (χ1v) is 23.4. The monoisotopic (exact) mass is 914 g/mol. The number of hydrogen-bond donors (Lipinski definition) is 0. The third-order valence-corrected chi connectivity index (χ3v) is 14.3. The Morgan fingerprint density at radius 3 is 1.63 bits per heavy atom. The largest absolute Gasteiger partial charge is 0.681 e. The van der Waals surface area contributed by atoms with Gasteiger partial charge in [-0.1, -0.05) is 50.3 Å². The minimum Gasteiger partial charge on any atom is -0.497 e. The lowest BCUT2D eigenvalue weighted by molar-refractivity contribution is -0.138. The van der Waals surface area contributed by atoms with Gasteiger partial charge in [-0.2, -0.15) is 13.2 Å². The highest BCUT2D eigenvalue weighted by Gasteiger charge is 2.54. The zero-order valence-electron chi connectivity index (χ0n) is 39.9. The first-order valence-electron chi connectivity index (χ1n) is 21.7. The second kappa shape index (κ2) is 17.0. The molecule has 0 spiro atoms. The van der Waals surface area contributed by atoms with Crippen molar-refractivity contribution in [2.45, 2.75) is 110 Å². The van der Waals surface area contributed by atoms with Crippen LogP contribution in [0.15, 0.2) is 84.9 Å². The van der Waals surface area contributed by atoms with Crippen molar-refractivity contribution in [2.75, 3.05) is 34.5 Å².